The molecule has 189 valence electrons. The van der Waals surface area contributed by atoms with E-state index in [-0.39, 0.29) is 20.1 Å². The van der Waals surface area contributed by atoms with Crippen LogP contribution in [0, 0.1) is 17.7 Å². The molecule has 37 heavy (non-hydrogen) atoms. The summed E-state index contributed by atoms with van der Waals surface area (Å²) in [4.78, 5) is 5.09. The molecule has 0 unspecified atom stereocenters. The third-order valence-electron chi connectivity index (χ3n) is 6.80. The minimum atomic E-state index is -0.572. The number of imidazole rings is 1. The number of para-hydroxylation sites is 3. The van der Waals surface area contributed by atoms with Crippen molar-refractivity contribution < 1.29 is 28.9 Å². The van der Waals surface area contributed by atoms with Crippen molar-refractivity contribution >= 4 is 42.5 Å². The van der Waals surface area contributed by atoms with Crippen LogP contribution < -0.4 is 0 Å². The summed E-state index contributed by atoms with van der Waals surface area (Å²) >= 11 is 1.38. The summed E-state index contributed by atoms with van der Waals surface area (Å²) < 4.78 is 32.6. The minimum Gasteiger partial charge on any atom is -0.333 e. The van der Waals surface area contributed by atoms with Crippen LogP contribution in [0.15, 0.2) is 66.7 Å². The van der Waals surface area contributed by atoms with Crippen LogP contribution in [0.3, 0.4) is 0 Å². The Morgan fingerprint density at radius 1 is 0.892 bits per heavy atom. The van der Waals surface area contributed by atoms with Crippen LogP contribution in [0.5, 0.6) is 0 Å². The zero-order valence-corrected chi connectivity index (χ0v) is 24.1. The molecule has 0 saturated carbocycles. The molecule has 6 heteroatoms. The number of rotatable bonds is 4. The predicted octanol–water partition coefficient (Wildman–Crippen LogP) is 9.38. The van der Waals surface area contributed by atoms with E-state index in [1.54, 1.807) is 0 Å². The van der Waals surface area contributed by atoms with Crippen LogP contribution in [-0.2, 0) is 20.1 Å². The average Bonchev–Trinajstić information content (AvgIpc) is 3.41. The molecule has 2 heterocycles. The summed E-state index contributed by atoms with van der Waals surface area (Å²) in [5.74, 6) is 0.234. The van der Waals surface area contributed by atoms with Gasteiger partial charge in [0.25, 0.3) is 0 Å². The van der Waals surface area contributed by atoms with Crippen LogP contribution in [0.25, 0.3) is 48.3 Å². The molecule has 0 aliphatic rings. The first-order chi connectivity index (χ1) is 17.3. The number of nitrogens with zero attached hydrogens (tertiary/aromatic N) is 2. The fourth-order valence-corrected chi connectivity index (χ4v) is 6.38. The molecule has 0 spiro atoms. The summed E-state index contributed by atoms with van der Waals surface area (Å²) in [5.41, 5.74) is 6.29. The van der Waals surface area contributed by atoms with Gasteiger partial charge in [-0.1, -0.05) is 69.0 Å². The number of benzene rings is 4. The number of aromatic nitrogens is 2. The molecule has 0 amide bonds. The van der Waals surface area contributed by atoms with Crippen molar-refractivity contribution in [3.63, 3.8) is 0 Å². The Bertz CT molecular complexity index is 1760. The van der Waals surface area contributed by atoms with Gasteiger partial charge in [-0.05, 0) is 45.9 Å². The molecule has 4 aromatic carbocycles. The van der Waals surface area contributed by atoms with E-state index in [0.29, 0.717) is 21.9 Å². The molecular formula is C31H25F2IrN2S-. The maximum Gasteiger partial charge on any atom is 0.133 e. The Balaban J connectivity index is 0.00000280. The van der Waals surface area contributed by atoms with E-state index >= 15 is 0 Å². The van der Waals surface area contributed by atoms with Crippen molar-refractivity contribution in [1.82, 2.24) is 9.55 Å². The smallest absolute Gasteiger partial charge is 0.133 e. The Kier molecular flexibility index (Phi) is 6.78. The second kappa shape index (κ2) is 9.75. The van der Waals surface area contributed by atoms with Crippen molar-refractivity contribution in [1.29, 1.82) is 0 Å². The van der Waals surface area contributed by atoms with Crippen molar-refractivity contribution in [3.8, 4) is 17.1 Å². The molecule has 2 aromatic heterocycles. The van der Waals surface area contributed by atoms with Gasteiger partial charge in [0, 0.05) is 41.9 Å². The number of thiophene rings is 1. The van der Waals surface area contributed by atoms with Crippen LogP contribution in [0.2, 0.25) is 0 Å². The van der Waals surface area contributed by atoms with Crippen molar-refractivity contribution in [2.24, 2.45) is 0 Å². The van der Waals surface area contributed by atoms with Gasteiger partial charge in [-0.3, -0.25) is 4.98 Å². The Morgan fingerprint density at radius 3 is 2.30 bits per heavy atom. The first kappa shape index (κ1) is 25.7. The fourth-order valence-electron chi connectivity index (χ4n) is 5.15. The van der Waals surface area contributed by atoms with Gasteiger partial charge in [0.05, 0.1) is 16.9 Å². The van der Waals surface area contributed by atoms with Gasteiger partial charge >= 0.3 is 0 Å². The van der Waals surface area contributed by atoms with Gasteiger partial charge in [-0.25, -0.2) is 8.78 Å². The van der Waals surface area contributed by atoms with E-state index in [4.69, 9.17) is 4.98 Å². The molecule has 2 nitrogen and oxygen atoms in total. The van der Waals surface area contributed by atoms with E-state index < -0.39 is 11.6 Å². The van der Waals surface area contributed by atoms with Gasteiger partial charge in [0.15, 0.2) is 0 Å². The third-order valence-corrected chi connectivity index (χ3v) is 7.97. The predicted molar refractivity (Wildman–Crippen MR) is 146 cm³/mol. The van der Waals surface area contributed by atoms with Crippen molar-refractivity contribution in [2.75, 3.05) is 0 Å². The molecule has 6 rings (SSSR count). The zero-order valence-electron chi connectivity index (χ0n) is 20.9. The van der Waals surface area contributed by atoms with E-state index in [1.165, 1.54) is 28.5 Å². The molecule has 0 aliphatic heterocycles. The molecule has 0 atom stereocenters. The molecule has 0 bridgehead atoms. The monoisotopic (exact) mass is 688 g/mol. The first-order valence-corrected chi connectivity index (χ1v) is 13.0. The van der Waals surface area contributed by atoms with Crippen LogP contribution in [-0.4, -0.2) is 9.55 Å². The number of fused-ring (bicyclic) bond motifs is 4. The van der Waals surface area contributed by atoms with Gasteiger partial charge < -0.3 is 4.57 Å². The standard InChI is InChI=1S/C31H25F2N2S.Ir/c1-17(2)20-9-7-10-21(18(3)4)29(20)35-26-14-6-5-13-25(26)34-31(35)23-12-8-11-22-28-24(33)15-19(32)16-27(28)36-30(22)23;/h5-11,13-18H,1-4H3;/q-1;. The summed E-state index contributed by atoms with van der Waals surface area (Å²) in [6.07, 6.45) is 0. The number of halogens is 2. The summed E-state index contributed by atoms with van der Waals surface area (Å²) in [6, 6.07) is 24.1. The molecule has 0 aliphatic carbocycles. The number of hydrogen-bond acceptors (Lipinski definition) is 2. The van der Waals surface area contributed by atoms with E-state index in [2.05, 4.69) is 62.6 Å². The topological polar surface area (TPSA) is 17.8 Å². The fraction of sp³-hybridized carbons (Fsp3) is 0.194. The van der Waals surface area contributed by atoms with Crippen LogP contribution >= 0.6 is 11.3 Å². The second-order valence-electron chi connectivity index (χ2n) is 9.81. The summed E-state index contributed by atoms with van der Waals surface area (Å²) in [6.45, 7) is 8.82. The minimum absolute atomic E-state index is 0. The molecule has 0 fully saturated rings. The van der Waals surface area contributed by atoms with Gasteiger partial charge in [-0.2, -0.15) is 11.3 Å². The van der Waals surface area contributed by atoms with E-state index in [1.807, 2.05) is 30.3 Å². The molecule has 1 radical (unpaired) electrons. The quantitative estimate of drug-likeness (QED) is 0.169. The Hall–Kier alpha value is -2.92. The number of hydrogen-bond donors (Lipinski definition) is 0. The average molecular weight is 688 g/mol. The zero-order chi connectivity index (χ0) is 25.1. The van der Waals surface area contributed by atoms with Crippen LogP contribution in [0.1, 0.15) is 50.7 Å². The van der Waals surface area contributed by atoms with Crippen LogP contribution in [0.4, 0.5) is 8.78 Å². The summed E-state index contributed by atoms with van der Waals surface area (Å²) in [7, 11) is 0. The molecule has 0 N–H and O–H groups in total. The maximum atomic E-state index is 14.9. The maximum absolute atomic E-state index is 14.9. The van der Waals surface area contributed by atoms with Gasteiger partial charge in [0.2, 0.25) is 0 Å². The second-order valence-corrected chi connectivity index (χ2v) is 10.9. The molecule has 0 saturated heterocycles. The van der Waals surface area contributed by atoms with E-state index in [9.17, 15) is 8.78 Å². The Morgan fingerprint density at radius 2 is 1.59 bits per heavy atom. The largest absolute Gasteiger partial charge is 0.333 e. The summed E-state index contributed by atoms with van der Waals surface area (Å²) in [5, 5.41) is 1.20. The molecule has 6 aromatic rings. The third kappa shape index (κ3) is 4.12. The van der Waals surface area contributed by atoms with Gasteiger partial charge in [-0.15, -0.1) is 18.2 Å². The van der Waals surface area contributed by atoms with Gasteiger partial charge in [0.1, 0.15) is 11.6 Å². The van der Waals surface area contributed by atoms with E-state index in [0.717, 1.165) is 44.3 Å². The Labute approximate surface area is 232 Å². The molecular weight excluding hydrogens is 663 g/mol. The first-order valence-electron chi connectivity index (χ1n) is 12.2. The van der Waals surface area contributed by atoms with Crippen molar-refractivity contribution in [3.05, 3.63) is 95.6 Å². The SMILES string of the molecule is CC(C)c1cccc(C(C)C)c1-n1c(-c2[c-]ccc3c2sc2cc(F)cc(F)c23)nc2ccccc21.[Ir]. The van der Waals surface area contributed by atoms with Crippen molar-refractivity contribution in [2.45, 2.75) is 39.5 Å². The normalized spacial score (nSPS) is 11.8.